The molecular formula is C26H28N4O3S. The third-order valence-corrected chi connectivity index (χ3v) is 7.60. The van der Waals surface area contributed by atoms with Crippen LogP contribution in [0.3, 0.4) is 0 Å². The average Bonchev–Trinajstić information content (AvgIpc) is 3.46. The first-order valence-electron chi connectivity index (χ1n) is 11.5. The summed E-state index contributed by atoms with van der Waals surface area (Å²) in [6.45, 7) is 0. The van der Waals surface area contributed by atoms with Gasteiger partial charge in [0.1, 0.15) is 17.2 Å². The number of fused-ring (bicyclic) bond motifs is 1. The Balaban J connectivity index is 1.41. The quantitative estimate of drug-likeness (QED) is 0.322. The number of aryl methyl sites for hydroxylation is 1. The van der Waals surface area contributed by atoms with Gasteiger partial charge in [0.05, 0.1) is 25.1 Å². The van der Waals surface area contributed by atoms with Crippen LogP contribution in [0.15, 0.2) is 42.5 Å². The molecule has 176 valence electrons. The first-order chi connectivity index (χ1) is 16.6. The normalized spacial score (nSPS) is 18.6. The third kappa shape index (κ3) is 4.83. The minimum absolute atomic E-state index is 0.368. The van der Waals surface area contributed by atoms with E-state index >= 15 is 0 Å². The number of tetrazole rings is 1. The standard InChI is InChI=1S/C26H28N4O3S/c1-30-28-24(27-29-30)15-6-17-4-9-20(10-5-17)33-25-22-14-13-21(32-3)16-23(22)34-26(25)18-7-11-19(31-2)12-8-18/h4-6,9-10,13-16,18-19H,7-8,11-12H2,1-3H3/b15-6+. The van der Waals surface area contributed by atoms with Gasteiger partial charge < -0.3 is 14.2 Å². The molecular weight excluding hydrogens is 448 g/mol. The van der Waals surface area contributed by atoms with Crippen molar-refractivity contribution in [1.29, 1.82) is 0 Å². The molecule has 0 bridgehead atoms. The minimum Gasteiger partial charge on any atom is -0.497 e. The molecule has 5 rings (SSSR count). The zero-order chi connectivity index (χ0) is 23.5. The fourth-order valence-electron chi connectivity index (χ4n) is 4.44. The average molecular weight is 477 g/mol. The SMILES string of the molecule is COc1ccc2c(Oc3ccc(/C=C/c4nnn(C)n4)cc3)c(C3CCC(OC)CC3)sc2c1. The molecule has 7 nitrogen and oxygen atoms in total. The number of aromatic nitrogens is 4. The van der Waals surface area contributed by atoms with Gasteiger partial charge in [-0.2, -0.15) is 4.80 Å². The molecule has 1 fully saturated rings. The fraction of sp³-hybridized carbons (Fsp3) is 0.346. The van der Waals surface area contributed by atoms with E-state index in [0.717, 1.165) is 53.9 Å². The first-order valence-corrected chi connectivity index (χ1v) is 12.3. The predicted molar refractivity (Wildman–Crippen MR) is 135 cm³/mol. The molecule has 0 amide bonds. The first kappa shape index (κ1) is 22.6. The summed E-state index contributed by atoms with van der Waals surface area (Å²) in [6.07, 6.45) is 8.56. The van der Waals surface area contributed by atoms with E-state index in [-0.39, 0.29) is 0 Å². The van der Waals surface area contributed by atoms with Crippen LogP contribution >= 0.6 is 11.3 Å². The maximum atomic E-state index is 6.54. The van der Waals surface area contributed by atoms with Gasteiger partial charge in [-0.3, -0.25) is 0 Å². The van der Waals surface area contributed by atoms with E-state index in [4.69, 9.17) is 14.2 Å². The zero-order valence-electron chi connectivity index (χ0n) is 19.6. The Morgan fingerprint density at radius 2 is 1.74 bits per heavy atom. The highest BCUT2D eigenvalue weighted by atomic mass is 32.1. The van der Waals surface area contributed by atoms with Crippen LogP contribution in [0, 0.1) is 0 Å². The van der Waals surface area contributed by atoms with Gasteiger partial charge in [-0.25, -0.2) is 0 Å². The lowest BCUT2D eigenvalue weighted by molar-refractivity contribution is 0.0660. The molecule has 0 radical (unpaired) electrons. The highest BCUT2D eigenvalue weighted by Gasteiger charge is 2.28. The molecule has 1 aliphatic rings. The number of methoxy groups -OCH3 is 2. The molecule has 2 aromatic carbocycles. The van der Waals surface area contributed by atoms with Gasteiger partial charge in [-0.05, 0) is 78.8 Å². The molecule has 1 aliphatic carbocycles. The largest absolute Gasteiger partial charge is 0.497 e. The molecule has 0 spiro atoms. The summed E-state index contributed by atoms with van der Waals surface area (Å²) in [5.74, 6) is 3.71. The molecule has 8 heteroatoms. The summed E-state index contributed by atoms with van der Waals surface area (Å²) in [5.41, 5.74) is 1.04. The van der Waals surface area contributed by atoms with Crippen LogP contribution in [-0.2, 0) is 11.8 Å². The van der Waals surface area contributed by atoms with Crippen molar-refractivity contribution >= 4 is 33.6 Å². The Morgan fingerprint density at radius 3 is 2.41 bits per heavy atom. The van der Waals surface area contributed by atoms with Crippen molar-refractivity contribution in [3.05, 3.63) is 58.7 Å². The topological polar surface area (TPSA) is 71.3 Å². The number of thiophene rings is 1. The molecule has 2 heterocycles. The number of ether oxygens (including phenoxy) is 3. The molecule has 0 N–H and O–H groups in total. The summed E-state index contributed by atoms with van der Waals surface area (Å²) in [7, 11) is 5.27. The Morgan fingerprint density at radius 1 is 0.971 bits per heavy atom. The second-order valence-corrected chi connectivity index (χ2v) is 9.59. The van der Waals surface area contributed by atoms with Gasteiger partial charge in [-0.1, -0.05) is 18.2 Å². The third-order valence-electron chi connectivity index (χ3n) is 6.30. The van der Waals surface area contributed by atoms with Crippen LogP contribution < -0.4 is 9.47 Å². The van der Waals surface area contributed by atoms with E-state index in [0.29, 0.717) is 17.8 Å². The molecule has 0 unspecified atom stereocenters. The second kappa shape index (κ2) is 9.95. The predicted octanol–water partition coefficient (Wildman–Crippen LogP) is 6.07. The second-order valence-electron chi connectivity index (χ2n) is 8.51. The van der Waals surface area contributed by atoms with E-state index in [9.17, 15) is 0 Å². The summed E-state index contributed by atoms with van der Waals surface area (Å²) in [4.78, 5) is 2.76. The van der Waals surface area contributed by atoms with Gasteiger partial charge in [0.25, 0.3) is 0 Å². The summed E-state index contributed by atoms with van der Waals surface area (Å²) in [6, 6.07) is 14.3. The van der Waals surface area contributed by atoms with E-state index in [1.54, 1.807) is 14.2 Å². The monoisotopic (exact) mass is 476 g/mol. The molecule has 4 aromatic rings. The van der Waals surface area contributed by atoms with Crippen molar-refractivity contribution in [2.24, 2.45) is 7.05 Å². The van der Waals surface area contributed by atoms with Crippen LogP contribution in [0.4, 0.5) is 0 Å². The molecule has 34 heavy (non-hydrogen) atoms. The summed E-state index contributed by atoms with van der Waals surface area (Å²) < 4.78 is 18.8. The smallest absolute Gasteiger partial charge is 0.197 e. The van der Waals surface area contributed by atoms with Gasteiger partial charge in [-0.15, -0.1) is 21.5 Å². The number of rotatable bonds is 7. The van der Waals surface area contributed by atoms with Crippen molar-refractivity contribution in [3.8, 4) is 17.2 Å². The van der Waals surface area contributed by atoms with Crippen LogP contribution in [-0.4, -0.2) is 40.5 Å². The Bertz CT molecular complexity index is 1290. The minimum atomic E-state index is 0.368. The van der Waals surface area contributed by atoms with Crippen LogP contribution in [0.5, 0.6) is 17.2 Å². The van der Waals surface area contributed by atoms with Crippen molar-refractivity contribution in [1.82, 2.24) is 20.2 Å². The highest BCUT2D eigenvalue weighted by molar-refractivity contribution is 7.19. The molecule has 0 atom stereocenters. The maximum absolute atomic E-state index is 6.54. The molecule has 1 saturated carbocycles. The van der Waals surface area contributed by atoms with E-state index in [1.807, 2.05) is 60.9 Å². The maximum Gasteiger partial charge on any atom is 0.197 e. The lowest BCUT2D eigenvalue weighted by atomic mass is 9.86. The van der Waals surface area contributed by atoms with Crippen LogP contribution in [0.25, 0.3) is 22.2 Å². The zero-order valence-corrected chi connectivity index (χ0v) is 20.4. The van der Waals surface area contributed by atoms with Gasteiger partial charge in [0, 0.05) is 17.2 Å². The lowest BCUT2D eigenvalue weighted by Gasteiger charge is -2.27. The lowest BCUT2D eigenvalue weighted by Crippen LogP contribution is -2.19. The number of benzene rings is 2. The Hall–Kier alpha value is -3.23. The van der Waals surface area contributed by atoms with Crippen LogP contribution in [0.1, 0.15) is 47.9 Å². The molecule has 0 aliphatic heterocycles. The highest BCUT2D eigenvalue weighted by Crippen LogP contribution is 2.49. The Kier molecular flexibility index (Phi) is 6.60. The van der Waals surface area contributed by atoms with Gasteiger partial charge in [0.2, 0.25) is 0 Å². The van der Waals surface area contributed by atoms with E-state index < -0.39 is 0 Å². The van der Waals surface area contributed by atoms with E-state index in [1.165, 1.54) is 14.4 Å². The summed E-state index contributed by atoms with van der Waals surface area (Å²) in [5, 5.41) is 13.1. The van der Waals surface area contributed by atoms with E-state index in [2.05, 4.69) is 27.5 Å². The van der Waals surface area contributed by atoms with Crippen molar-refractivity contribution in [2.45, 2.75) is 37.7 Å². The van der Waals surface area contributed by atoms with Crippen molar-refractivity contribution in [3.63, 3.8) is 0 Å². The summed E-state index contributed by atoms with van der Waals surface area (Å²) >= 11 is 1.82. The molecule has 2 aromatic heterocycles. The Labute approximate surface area is 203 Å². The van der Waals surface area contributed by atoms with Crippen molar-refractivity contribution in [2.75, 3.05) is 14.2 Å². The molecule has 0 saturated heterocycles. The van der Waals surface area contributed by atoms with Gasteiger partial charge >= 0.3 is 0 Å². The number of hydrogen-bond acceptors (Lipinski definition) is 7. The number of hydrogen-bond donors (Lipinski definition) is 0. The number of nitrogens with zero attached hydrogens (tertiary/aromatic N) is 4. The van der Waals surface area contributed by atoms with Gasteiger partial charge in [0.15, 0.2) is 5.82 Å². The fourth-order valence-corrected chi connectivity index (χ4v) is 5.76. The van der Waals surface area contributed by atoms with Crippen LogP contribution in [0.2, 0.25) is 0 Å². The van der Waals surface area contributed by atoms with Crippen molar-refractivity contribution < 1.29 is 14.2 Å².